The lowest BCUT2D eigenvalue weighted by Gasteiger charge is -2.23. The van der Waals surface area contributed by atoms with Gasteiger partial charge in [-0.2, -0.15) is 0 Å². The monoisotopic (exact) mass is 354 g/mol. The lowest BCUT2D eigenvalue weighted by Crippen LogP contribution is -2.04. The summed E-state index contributed by atoms with van der Waals surface area (Å²) in [6, 6.07) is 0. The first-order valence-corrected chi connectivity index (χ1v) is 10.3. The van der Waals surface area contributed by atoms with E-state index in [1.807, 2.05) is 11.8 Å². The zero-order valence-electron chi connectivity index (χ0n) is 17.8. The SMILES string of the molecule is CCc1c(C)c(C)c(Sc2c(C)c(C)c(CC)c(C)c2C)c(C)c1C. The number of hydrogen-bond acceptors (Lipinski definition) is 1. The summed E-state index contributed by atoms with van der Waals surface area (Å²) in [5, 5.41) is 0. The largest absolute Gasteiger partial charge is 0.0889 e. The Morgan fingerprint density at radius 2 is 0.680 bits per heavy atom. The molecule has 0 aliphatic carbocycles. The topological polar surface area (TPSA) is 0 Å². The fourth-order valence-electron chi connectivity index (χ4n) is 4.18. The van der Waals surface area contributed by atoms with Crippen molar-refractivity contribution in [2.45, 2.75) is 91.9 Å². The van der Waals surface area contributed by atoms with Crippen molar-refractivity contribution >= 4 is 11.8 Å². The molecule has 0 unspecified atom stereocenters. The van der Waals surface area contributed by atoms with Gasteiger partial charge in [-0.15, -0.1) is 0 Å². The van der Waals surface area contributed by atoms with E-state index in [9.17, 15) is 0 Å². The van der Waals surface area contributed by atoms with E-state index in [1.54, 1.807) is 0 Å². The van der Waals surface area contributed by atoms with E-state index < -0.39 is 0 Å². The van der Waals surface area contributed by atoms with Crippen LogP contribution in [0.15, 0.2) is 9.79 Å². The first-order chi connectivity index (χ1) is 11.7. The van der Waals surface area contributed by atoms with E-state index in [-0.39, 0.29) is 0 Å². The van der Waals surface area contributed by atoms with Gasteiger partial charge in [0.05, 0.1) is 0 Å². The molecule has 0 radical (unpaired) electrons. The molecule has 0 spiro atoms. The first-order valence-electron chi connectivity index (χ1n) is 9.53. The molecular formula is C24H34S. The molecule has 0 aliphatic heterocycles. The summed E-state index contributed by atoms with van der Waals surface area (Å²) in [5.41, 5.74) is 14.8. The van der Waals surface area contributed by atoms with E-state index in [0.717, 1.165) is 12.8 Å². The Balaban J connectivity index is 2.70. The molecule has 0 saturated carbocycles. The smallest absolute Gasteiger partial charge is 0.0186 e. The van der Waals surface area contributed by atoms with Crippen LogP contribution in [0.3, 0.4) is 0 Å². The molecular weight excluding hydrogens is 320 g/mol. The van der Waals surface area contributed by atoms with Crippen molar-refractivity contribution in [2.75, 3.05) is 0 Å². The van der Waals surface area contributed by atoms with Crippen molar-refractivity contribution in [3.63, 3.8) is 0 Å². The lowest BCUT2D eigenvalue weighted by atomic mass is 9.92. The molecule has 2 aromatic carbocycles. The normalized spacial score (nSPS) is 11.3. The van der Waals surface area contributed by atoms with Crippen LogP contribution in [0, 0.1) is 55.4 Å². The molecule has 0 fully saturated rings. The second-order valence-corrected chi connectivity index (χ2v) is 8.45. The molecule has 0 atom stereocenters. The minimum absolute atomic E-state index is 1.12. The first kappa shape index (κ1) is 20.1. The zero-order valence-corrected chi connectivity index (χ0v) is 18.6. The predicted molar refractivity (Wildman–Crippen MR) is 114 cm³/mol. The Bertz CT molecular complexity index is 697. The average Bonchev–Trinajstić information content (AvgIpc) is 2.59. The predicted octanol–water partition coefficient (Wildman–Crippen LogP) is 7.43. The number of benzene rings is 2. The highest BCUT2D eigenvalue weighted by atomic mass is 32.2. The van der Waals surface area contributed by atoms with E-state index in [4.69, 9.17) is 0 Å². The molecule has 0 nitrogen and oxygen atoms in total. The van der Waals surface area contributed by atoms with Gasteiger partial charge in [0.2, 0.25) is 0 Å². The third-order valence-electron chi connectivity index (χ3n) is 6.33. The quantitative estimate of drug-likeness (QED) is 0.550. The highest BCUT2D eigenvalue weighted by Gasteiger charge is 2.19. The van der Waals surface area contributed by atoms with Crippen LogP contribution in [0.4, 0.5) is 0 Å². The van der Waals surface area contributed by atoms with Crippen LogP contribution in [-0.2, 0) is 12.8 Å². The van der Waals surface area contributed by atoms with Gasteiger partial charge >= 0.3 is 0 Å². The van der Waals surface area contributed by atoms with Crippen LogP contribution in [-0.4, -0.2) is 0 Å². The Hall–Kier alpha value is -1.21. The highest BCUT2D eigenvalue weighted by molar-refractivity contribution is 7.99. The van der Waals surface area contributed by atoms with E-state index in [1.165, 1.54) is 65.4 Å². The van der Waals surface area contributed by atoms with Gasteiger partial charge in [-0.25, -0.2) is 0 Å². The molecule has 0 bridgehead atoms. The molecule has 0 amide bonds. The van der Waals surface area contributed by atoms with Gasteiger partial charge in [0.25, 0.3) is 0 Å². The molecule has 0 N–H and O–H groups in total. The van der Waals surface area contributed by atoms with Gasteiger partial charge in [0, 0.05) is 9.79 Å². The molecule has 0 aliphatic rings. The molecule has 0 saturated heterocycles. The molecule has 1 heteroatoms. The van der Waals surface area contributed by atoms with Gasteiger partial charge in [0.1, 0.15) is 0 Å². The minimum Gasteiger partial charge on any atom is -0.0889 e. The van der Waals surface area contributed by atoms with Gasteiger partial charge < -0.3 is 0 Å². The Morgan fingerprint density at radius 3 is 0.880 bits per heavy atom. The fraction of sp³-hybridized carbons (Fsp3) is 0.500. The zero-order chi connectivity index (χ0) is 19.0. The molecule has 136 valence electrons. The van der Waals surface area contributed by atoms with Crippen LogP contribution in [0.5, 0.6) is 0 Å². The summed E-state index contributed by atoms with van der Waals surface area (Å²) in [7, 11) is 0. The van der Waals surface area contributed by atoms with Gasteiger partial charge in [-0.3, -0.25) is 0 Å². The van der Waals surface area contributed by atoms with Crippen molar-refractivity contribution in [1.29, 1.82) is 0 Å². The van der Waals surface area contributed by atoms with Crippen LogP contribution in [0.1, 0.15) is 69.5 Å². The Kier molecular flexibility index (Phi) is 6.09. The second-order valence-electron chi connectivity index (χ2n) is 7.42. The lowest BCUT2D eigenvalue weighted by molar-refractivity contribution is 1.00. The third-order valence-corrected chi connectivity index (χ3v) is 7.97. The van der Waals surface area contributed by atoms with Crippen molar-refractivity contribution in [3.8, 4) is 0 Å². The summed E-state index contributed by atoms with van der Waals surface area (Å²) in [6.45, 7) is 22.9. The number of rotatable bonds is 4. The molecule has 0 aromatic heterocycles. The van der Waals surface area contributed by atoms with Crippen molar-refractivity contribution < 1.29 is 0 Å². The van der Waals surface area contributed by atoms with Gasteiger partial charge in [0.15, 0.2) is 0 Å². The van der Waals surface area contributed by atoms with E-state index in [0.29, 0.717) is 0 Å². The molecule has 2 aromatic rings. The Labute approximate surface area is 159 Å². The third kappa shape index (κ3) is 3.28. The second kappa shape index (κ2) is 7.58. The van der Waals surface area contributed by atoms with Crippen LogP contribution in [0.25, 0.3) is 0 Å². The summed E-state index contributed by atoms with van der Waals surface area (Å²) >= 11 is 1.99. The molecule has 2 rings (SSSR count). The van der Waals surface area contributed by atoms with Crippen molar-refractivity contribution in [3.05, 3.63) is 55.6 Å². The Morgan fingerprint density at radius 1 is 0.440 bits per heavy atom. The summed E-state index contributed by atoms with van der Waals surface area (Å²) in [5.74, 6) is 0. The van der Waals surface area contributed by atoms with Crippen LogP contribution >= 0.6 is 11.8 Å². The van der Waals surface area contributed by atoms with Gasteiger partial charge in [-0.1, -0.05) is 25.6 Å². The van der Waals surface area contributed by atoms with Crippen molar-refractivity contribution in [2.24, 2.45) is 0 Å². The fourth-order valence-corrected chi connectivity index (χ4v) is 5.61. The standard InChI is InChI=1S/C24H34S/c1-11-21-13(3)17(7)23(18(8)14(21)4)25-24-19(9)15(5)22(12-2)16(6)20(24)10/h11-12H2,1-10H3. The van der Waals surface area contributed by atoms with E-state index in [2.05, 4.69) is 69.2 Å². The maximum absolute atomic E-state index is 2.30. The van der Waals surface area contributed by atoms with Crippen LogP contribution in [0.2, 0.25) is 0 Å². The highest BCUT2D eigenvalue weighted by Crippen LogP contribution is 2.42. The minimum atomic E-state index is 1.12. The molecule has 25 heavy (non-hydrogen) atoms. The van der Waals surface area contributed by atoms with Crippen molar-refractivity contribution in [1.82, 2.24) is 0 Å². The van der Waals surface area contributed by atoms with Gasteiger partial charge in [-0.05, 0) is 124 Å². The average molecular weight is 355 g/mol. The van der Waals surface area contributed by atoms with E-state index >= 15 is 0 Å². The summed E-state index contributed by atoms with van der Waals surface area (Å²) in [4.78, 5) is 2.92. The molecule has 0 heterocycles. The maximum Gasteiger partial charge on any atom is 0.0186 e. The maximum atomic E-state index is 2.30. The van der Waals surface area contributed by atoms with Crippen LogP contribution < -0.4 is 0 Å². The number of hydrogen-bond donors (Lipinski definition) is 0. The summed E-state index contributed by atoms with van der Waals surface area (Å²) < 4.78 is 0. The summed E-state index contributed by atoms with van der Waals surface area (Å²) in [6.07, 6.45) is 2.23.